The van der Waals surface area contributed by atoms with Gasteiger partial charge in [-0.15, -0.1) is 0 Å². The molecule has 4 heteroatoms. The van der Waals surface area contributed by atoms with Crippen LogP contribution in [0.15, 0.2) is 97.1 Å². The number of hydrogen-bond acceptors (Lipinski definition) is 4. The van der Waals surface area contributed by atoms with E-state index in [2.05, 4.69) is 0 Å². The Hall–Kier alpha value is -3.92. The smallest absolute Gasteiger partial charge is 0.170 e. The molecular formula is C24H16O4. The molecule has 28 heavy (non-hydrogen) atoms. The van der Waals surface area contributed by atoms with Gasteiger partial charge < -0.3 is 18.9 Å². The van der Waals surface area contributed by atoms with Crippen molar-refractivity contribution in [2.45, 2.75) is 0 Å². The van der Waals surface area contributed by atoms with Crippen LogP contribution < -0.4 is 18.9 Å². The van der Waals surface area contributed by atoms with Crippen molar-refractivity contribution in [2.24, 2.45) is 0 Å². The van der Waals surface area contributed by atoms with Crippen LogP contribution in [0.1, 0.15) is 0 Å². The van der Waals surface area contributed by atoms with E-state index in [1.807, 2.05) is 97.1 Å². The van der Waals surface area contributed by atoms with Gasteiger partial charge in [-0.05, 0) is 48.5 Å². The van der Waals surface area contributed by atoms with Gasteiger partial charge in [0.2, 0.25) is 0 Å². The van der Waals surface area contributed by atoms with Crippen molar-refractivity contribution in [1.29, 1.82) is 0 Å². The molecular weight excluding hydrogens is 352 g/mol. The molecule has 6 rings (SSSR count). The quantitative estimate of drug-likeness (QED) is 0.285. The minimum Gasteiger partial charge on any atom is -0.450 e. The lowest BCUT2D eigenvalue weighted by Crippen LogP contribution is -1.97. The summed E-state index contributed by atoms with van der Waals surface area (Å²) in [7, 11) is 0. The number of benzene rings is 4. The molecule has 0 atom stereocenters. The molecule has 0 fully saturated rings. The molecule has 0 unspecified atom stereocenters. The fraction of sp³-hybridized carbons (Fsp3) is 0. The van der Waals surface area contributed by atoms with Crippen LogP contribution in [-0.2, 0) is 0 Å². The Morgan fingerprint density at radius 3 is 0.536 bits per heavy atom. The Labute approximate surface area is 162 Å². The van der Waals surface area contributed by atoms with Gasteiger partial charge in [0, 0.05) is 0 Å². The van der Waals surface area contributed by atoms with Crippen LogP contribution in [-0.4, -0.2) is 0 Å². The predicted octanol–water partition coefficient (Wildman–Crippen LogP) is 7.17. The second-order valence-corrected chi connectivity index (χ2v) is 6.20. The highest BCUT2D eigenvalue weighted by molar-refractivity contribution is 5.54. The highest BCUT2D eigenvalue weighted by Gasteiger charge is 2.17. The standard InChI is InChI=1S/2C12H8O2/c2*1-2-6-10-9(5-1)13-11-7-3-4-8-12(11)14-10/h2*1-8H. The summed E-state index contributed by atoms with van der Waals surface area (Å²) in [5, 5.41) is 0. The molecule has 2 aliphatic rings. The summed E-state index contributed by atoms with van der Waals surface area (Å²) in [6, 6.07) is 30.6. The summed E-state index contributed by atoms with van der Waals surface area (Å²) in [6.07, 6.45) is 0. The van der Waals surface area contributed by atoms with Crippen LogP contribution in [0.3, 0.4) is 0 Å². The van der Waals surface area contributed by atoms with Crippen molar-refractivity contribution >= 4 is 0 Å². The Morgan fingerprint density at radius 2 is 0.393 bits per heavy atom. The summed E-state index contributed by atoms with van der Waals surface area (Å²) < 4.78 is 22.6. The highest BCUT2D eigenvalue weighted by Crippen LogP contribution is 2.45. The molecule has 0 aromatic heterocycles. The number of hydrogen-bond donors (Lipinski definition) is 0. The van der Waals surface area contributed by atoms with Gasteiger partial charge in [-0.25, -0.2) is 0 Å². The summed E-state index contributed by atoms with van der Waals surface area (Å²) in [6.45, 7) is 0. The van der Waals surface area contributed by atoms with E-state index in [1.54, 1.807) is 0 Å². The lowest BCUT2D eigenvalue weighted by atomic mass is 10.2. The van der Waals surface area contributed by atoms with Crippen molar-refractivity contribution in [3.63, 3.8) is 0 Å². The van der Waals surface area contributed by atoms with Crippen LogP contribution in [0, 0.1) is 0 Å². The maximum atomic E-state index is 5.65. The summed E-state index contributed by atoms with van der Waals surface area (Å²) >= 11 is 0. The topological polar surface area (TPSA) is 36.9 Å². The van der Waals surface area contributed by atoms with E-state index in [9.17, 15) is 0 Å². The zero-order chi connectivity index (χ0) is 18.8. The minimum atomic E-state index is 0.770. The number of ether oxygens (including phenoxy) is 4. The SMILES string of the molecule is c1ccc2c(c1)Oc1ccccc1O2.c1ccc2c(c1)Oc1ccccc1O2. The van der Waals surface area contributed by atoms with Gasteiger partial charge in [0.05, 0.1) is 0 Å². The van der Waals surface area contributed by atoms with Crippen LogP contribution in [0.25, 0.3) is 0 Å². The molecule has 0 N–H and O–H groups in total. The van der Waals surface area contributed by atoms with Gasteiger partial charge >= 0.3 is 0 Å². The lowest BCUT2D eigenvalue weighted by molar-refractivity contribution is 0.359. The second-order valence-electron chi connectivity index (χ2n) is 6.20. The van der Waals surface area contributed by atoms with Crippen molar-refractivity contribution in [3.8, 4) is 46.0 Å². The zero-order valence-electron chi connectivity index (χ0n) is 14.9. The minimum absolute atomic E-state index is 0.770. The maximum Gasteiger partial charge on any atom is 0.170 e. The van der Waals surface area contributed by atoms with Crippen LogP contribution in [0.4, 0.5) is 0 Å². The third-order valence-corrected chi connectivity index (χ3v) is 4.28. The van der Waals surface area contributed by atoms with Crippen molar-refractivity contribution in [2.75, 3.05) is 0 Å². The van der Waals surface area contributed by atoms with Gasteiger partial charge in [0.25, 0.3) is 0 Å². The van der Waals surface area contributed by atoms with Crippen molar-refractivity contribution in [3.05, 3.63) is 97.1 Å². The van der Waals surface area contributed by atoms with Gasteiger partial charge in [0.15, 0.2) is 46.0 Å². The van der Waals surface area contributed by atoms with E-state index in [-0.39, 0.29) is 0 Å². The van der Waals surface area contributed by atoms with Crippen LogP contribution >= 0.6 is 0 Å². The molecule has 2 aliphatic heterocycles. The Balaban J connectivity index is 0.000000122. The van der Waals surface area contributed by atoms with E-state index in [0.717, 1.165) is 46.0 Å². The largest absolute Gasteiger partial charge is 0.450 e. The number of para-hydroxylation sites is 8. The molecule has 0 aliphatic carbocycles. The van der Waals surface area contributed by atoms with Gasteiger partial charge in [-0.3, -0.25) is 0 Å². The second kappa shape index (κ2) is 7.00. The third-order valence-electron chi connectivity index (χ3n) is 4.28. The van der Waals surface area contributed by atoms with E-state index in [1.165, 1.54) is 0 Å². The average Bonchev–Trinajstić information content (AvgIpc) is 2.76. The first-order valence-corrected chi connectivity index (χ1v) is 8.94. The zero-order valence-corrected chi connectivity index (χ0v) is 14.9. The highest BCUT2D eigenvalue weighted by atomic mass is 16.6. The van der Waals surface area contributed by atoms with Gasteiger partial charge in [-0.1, -0.05) is 48.5 Å². The molecule has 0 spiro atoms. The summed E-state index contributed by atoms with van der Waals surface area (Å²) in [4.78, 5) is 0. The lowest BCUT2D eigenvalue weighted by Gasteiger charge is -2.19. The molecule has 4 aromatic rings. The van der Waals surface area contributed by atoms with Crippen molar-refractivity contribution in [1.82, 2.24) is 0 Å². The molecule has 0 radical (unpaired) electrons. The average molecular weight is 368 g/mol. The molecule has 4 aromatic carbocycles. The molecule has 0 saturated carbocycles. The Bertz CT molecular complexity index is 871. The van der Waals surface area contributed by atoms with E-state index >= 15 is 0 Å². The van der Waals surface area contributed by atoms with E-state index < -0.39 is 0 Å². The molecule has 2 heterocycles. The monoisotopic (exact) mass is 368 g/mol. The molecule has 4 nitrogen and oxygen atoms in total. The maximum absolute atomic E-state index is 5.65. The Morgan fingerprint density at radius 1 is 0.250 bits per heavy atom. The van der Waals surface area contributed by atoms with Gasteiger partial charge in [-0.2, -0.15) is 0 Å². The third kappa shape index (κ3) is 3.12. The van der Waals surface area contributed by atoms with E-state index in [4.69, 9.17) is 18.9 Å². The first kappa shape index (κ1) is 16.3. The van der Waals surface area contributed by atoms with Crippen LogP contribution in [0.2, 0.25) is 0 Å². The van der Waals surface area contributed by atoms with E-state index in [0.29, 0.717) is 0 Å². The summed E-state index contributed by atoms with van der Waals surface area (Å²) in [5.41, 5.74) is 0. The Kier molecular flexibility index (Phi) is 4.07. The fourth-order valence-corrected chi connectivity index (χ4v) is 2.95. The molecule has 0 saturated heterocycles. The molecule has 136 valence electrons. The molecule has 0 amide bonds. The van der Waals surface area contributed by atoms with Gasteiger partial charge in [0.1, 0.15) is 0 Å². The number of rotatable bonds is 0. The fourth-order valence-electron chi connectivity index (χ4n) is 2.95. The summed E-state index contributed by atoms with van der Waals surface area (Å²) in [5.74, 6) is 6.16. The predicted molar refractivity (Wildman–Crippen MR) is 106 cm³/mol. The first-order valence-electron chi connectivity index (χ1n) is 8.94. The van der Waals surface area contributed by atoms with Crippen molar-refractivity contribution < 1.29 is 18.9 Å². The number of fused-ring (bicyclic) bond motifs is 4. The first-order chi connectivity index (χ1) is 13.9. The van der Waals surface area contributed by atoms with Crippen LogP contribution in [0.5, 0.6) is 46.0 Å². The molecule has 0 bridgehead atoms. The normalized spacial score (nSPS) is 12.0.